The van der Waals surface area contributed by atoms with E-state index in [1.165, 1.54) is 0 Å². The fraction of sp³-hybridized carbons (Fsp3) is 0.250. The monoisotopic (exact) mass is 296 g/mol. The molecule has 0 aliphatic rings. The number of benzene rings is 2. The van der Waals surface area contributed by atoms with E-state index in [0.29, 0.717) is 18.6 Å². The highest BCUT2D eigenvalue weighted by molar-refractivity contribution is 5.33. The topological polar surface area (TPSA) is 29.5 Å². The minimum absolute atomic E-state index is 0.293. The number of hydrogen-bond acceptors (Lipinski definition) is 2. The second-order valence-electron chi connectivity index (χ2n) is 4.65. The van der Waals surface area contributed by atoms with E-state index in [4.69, 9.17) is 4.74 Å². The zero-order valence-corrected chi connectivity index (χ0v) is 11.4. The Morgan fingerprint density at radius 3 is 2.29 bits per heavy atom. The summed E-state index contributed by atoms with van der Waals surface area (Å²) in [6.07, 6.45) is -0.636. The van der Waals surface area contributed by atoms with Gasteiger partial charge in [0.1, 0.15) is 6.10 Å². The second kappa shape index (κ2) is 6.74. The zero-order chi connectivity index (χ0) is 15.4. The molecule has 0 spiro atoms. The minimum atomic E-state index is -1.58. The minimum Gasteiger partial charge on any atom is -0.384 e. The maximum Gasteiger partial charge on any atom is 0.194 e. The van der Waals surface area contributed by atoms with E-state index in [-0.39, 0.29) is 5.56 Å². The van der Waals surface area contributed by atoms with Crippen molar-refractivity contribution in [2.45, 2.75) is 12.5 Å². The largest absolute Gasteiger partial charge is 0.384 e. The molecule has 2 aromatic carbocycles. The summed E-state index contributed by atoms with van der Waals surface area (Å²) in [5, 5.41) is 10.1. The highest BCUT2D eigenvalue weighted by Gasteiger charge is 2.20. The first-order chi connectivity index (χ1) is 10.0. The number of ether oxygens (including phenoxy) is 1. The van der Waals surface area contributed by atoms with Crippen LogP contribution in [0.5, 0.6) is 0 Å². The lowest BCUT2D eigenvalue weighted by Crippen LogP contribution is -2.06. The van der Waals surface area contributed by atoms with Crippen LogP contribution >= 0.6 is 0 Å². The van der Waals surface area contributed by atoms with Gasteiger partial charge < -0.3 is 9.84 Å². The maximum atomic E-state index is 13.7. The quantitative estimate of drug-likeness (QED) is 0.857. The molecule has 0 saturated heterocycles. The third-order valence-electron chi connectivity index (χ3n) is 3.25. The third kappa shape index (κ3) is 3.43. The van der Waals surface area contributed by atoms with Crippen LogP contribution in [0.25, 0.3) is 0 Å². The van der Waals surface area contributed by atoms with E-state index in [1.54, 1.807) is 31.4 Å². The molecule has 0 aliphatic carbocycles. The van der Waals surface area contributed by atoms with E-state index >= 15 is 0 Å². The summed E-state index contributed by atoms with van der Waals surface area (Å²) in [7, 11) is 1.60. The van der Waals surface area contributed by atoms with Crippen molar-refractivity contribution in [1.29, 1.82) is 0 Å². The van der Waals surface area contributed by atoms with E-state index in [9.17, 15) is 18.3 Å². The average Bonchev–Trinajstić information content (AvgIpc) is 2.51. The Morgan fingerprint density at radius 2 is 1.67 bits per heavy atom. The Balaban J connectivity index is 2.24. The van der Waals surface area contributed by atoms with Crippen LogP contribution in [0.15, 0.2) is 36.4 Å². The van der Waals surface area contributed by atoms with Crippen LogP contribution in [0, 0.1) is 17.5 Å². The number of halogens is 3. The summed E-state index contributed by atoms with van der Waals surface area (Å²) in [5.41, 5.74) is 1.11. The normalized spacial score (nSPS) is 12.4. The lowest BCUT2D eigenvalue weighted by molar-refractivity contribution is 0.202. The second-order valence-corrected chi connectivity index (χ2v) is 4.65. The van der Waals surface area contributed by atoms with Crippen molar-refractivity contribution in [3.63, 3.8) is 0 Å². The van der Waals surface area contributed by atoms with Gasteiger partial charge in [0.2, 0.25) is 0 Å². The van der Waals surface area contributed by atoms with Crippen LogP contribution in [0.3, 0.4) is 0 Å². The molecule has 2 rings (SSSR count). The van der Waals surface area contributed by atoms with E-state index in [2.05, 4.69) is 0 Å². The van der Waals surface area contributed by atoms with Gasteiger partial charge in [-0.05, 0) is 23.6 Å². The van der Waals surface area contributed by atoms with Crippen molar-refractivity contribution in [1.82, 2.24) is 0 Å². The van der Waals surface area contributed by atoms with Crippen LogP contribution in [0.1, 0.15) is 22.8 Å². The highest BCUT2D eigenvalue weighted by atomic mass is 19.2. The van der Waals surface area contributed by atoms with Gasteiger partial charge in [-0.2, -0.15) is 0 Å². The van der Waals surface area contributed by atoms with Gasteiger partial charge in [0.25, 0.3) is 0 Å². The van der Waals surface area contributed by atoms with Crippen LogP contribution in [-0.2, 0) is 11.2 Å². The molecule has 112 valence electrons. The highest BCUT2D eigenvalue weighted by Crippen LogP contribution is 2.27. The summed E-state index contributed by atoms with van der Waals surface area (Å²) < 4.78 is 44.7. The summed E-state index contributed by atoms with van der Waals surface area (Å²) >= 11 is 0. The summed E-state index contributed by atoms with van der Waals surface area (Å²) in [4.78, 5) is 0. The van der Waals surface area contributed by atoms with Crippen LogP contribution in [0.2, 0.25) is 0 Å². The SMILES string of the molecule is COCCc1ccc(C(O)c2ccc(F)c(F)c2F)cc1. The van der Waals surface area contributed by atoms with Gasteiger partial charge >= 0.3 is 0 Å². The number of hydrogen-bond donors (Lipinski definition) is 1. The fourth-order valence-electron chi connectivity index (χ4n) is 2.02. The first-order valence-corrected chi connectivity index (χ1v) is 6.44. The number of aliphatic hydroxyl groups is 1. The van der Waals surface area contributed by atoms with Crippen molar-refractivity contribution >= 4 is 0 Å². The van der Waals surface area contributed by atoms with E-state index in [0.717, 1.165) is 17.7 Å². The lowest BCUT2D eigenvalue weighted by Gasteiger charge is -2.13. The molecule has 5 heteroatoms. The first kappa shape index (κ1) is 15.5. The Hall–Kier alpha value is -1.85. The van der Waals surface area contributed by atoms with Crippen LogP contribution in [-0.4, -0.2) is 18.8 Å². The van der Waals surface area contributed by atoms with E-state index in [1.807, 2.05) is 0 Å². The molecule has 1 N–H and O–H groups in total. The molecule has 0 amide bonds. The fourth-order valence-corrected chi connectivity index (χ4v) is 2.02. The summed E-state index contributed by atoms with van der Waals surface area (Å²) in [6, 6.07) is 8.62. The lowest BCUT2D eigenvalue weighted by atomic mass is 9.99. The molecule has 0 radical (unpaired) electrons. The molecule has 2 aromatic rings. The Kier molecular flexibility index (Phi) is 4.98. The first-order valence-electron chi connectivity index (χ1n) is 6.44. The number of aliphatic hydroxyl groups excluding tert-OH is 1. The molecule has 0 aliphatic heterocycles. The molecule has 21 heavy (non-hydrogen) atoms. The van der Waals surface area contributed by atoms with Crippen molar-refractivity contribution in [2.75, 3.05) is 13.7 Å². The molecule has 0 bridgehead atoms. The van der Waals surface area contributed by atoms with Gasteiger partial charge in [0.15, 0.2) is 17.5 Å². The van der Waals surface area contributed by atoms with Crippen LogP contribution in [0.4, 0.5) is 13.2 Å². The average molecular weight is 296 g/mol. The Labute approximate surface area is 120 Å². The smallest absolute Gasteiger partial charge is 0.194 e. The number of methoxy groups -OCH3 is 1. The van der Waals surface area contributed by atoms with Crippen molar-refractivity contribution < 1.29 is 23.0 Å². The predicted octanol–water partition coefficient (Wildman–Crippen LogP) is 3.37. The molecule has 0 aromatic heterocycles. The van der Waals surface area contributed by atoms with Gasteiger partial charge in [-0.1, -0.05) is 30.3 Å². The molecule has 2 nitrogen and oxygen atoms in total. The van der Waals surface area contributed by atoms with Gasteiger partial charge in [0.05, 0.1) is 6.61 Å². The van der Waals surface area contributed by atoms with Gasteiger partial charge in [-0.25, -0.2) is 13.2 Å². The van der Waals surface area contributed by atoms with Crippen molar-refractivity contribution in [2.24, 2.45) is 0 Å². The van der Waals surface area contributed by atoms with Crippen LogP contribution < -0.4 is 0 Å². The Bertz CT molecular complexity index is 612. The summed E-state index contributed by atoms with van der Waals surface area (Å²) in [6.45, 7) is 0.569. The molecule has 0 heterocycles. The summed E-state index contributed by atoms with van der Waals surface area (Å²) in [5.74, 6) is -4.23. The molecule has 1 unspecified atom stereocenters. The Morgan fingerprint density at radius 1 is 1.00 bits per heavy atom. The molecular formula is C16H15F3O2. The van der Waals surface area contributed by atoms with Gasteiger partial charge in [-0.15, -0.1) is 0 Å². The van der Waals surface area contributed by atoms with E-state index < -0.39 is 23.6 Å². The molecule has 0 saturated carbocycles. The number of rotatable bonds is 5. The van der Waals surface area contributed by atoms with Crippen molar-refractivity contribution in [3.8, 4) is 0 Å². The predicted molar refractivity (Wildman–Crippen MR) is 72.4 cm³/mol. The van der Waals surface area contributed by atoms with Gasteiger partial charge in [-0.3, -0.25) is 0 Å². The standard InChI is InChI=1S/C16H15F3O2/c1-21-9-8-10-2-4-11(5-3-10)16(20)12-6-7-13(17)15(19)14(12)18/h2-7,16,20H,8-9H2,1H3. The van der Waals surface area contributed by atoms with Crippen molar-refractivity contribution in [3.05, 3.63) is 70.5 Å². The molecule has 1 atom stereocenters. The maximum absolute atomic E-state index is 13.7. The van der Waals surface area contributed by atoms with Gasteiger partial charge in [0, 0.05) is 12.7 Å². The third-order valence-corrected chi connectivity index (χ3v) is 3.25. The molecule has 0 fully saturated rings. The molecular weight excluding hydrogens is 281 g/mol. The zero-order valence-electron chi connectivity index (χ0n) is 11.4.